The van der Waals surface area contributed by atoms with Gasteiger partial charge in [0.05, 0.1) is 4.90 Å². The molecule has 0 spiro atoms. The van der Waals surface area contributed by atoms with Gasteiger partial charge in [0.15, 0.2) is 0 Å². The Bertz CT molecular complexity index is 599. The van der Waals surface area contributed by atoms with E-state index in [0.29, 0.717) is 16.1 Å². The van der Waals surface area contributed by atoms with Crippen LogP contribution in [0.4, 0.5) is 5.69 Å². The van der Waals surface area contributed by atoms with Crippen LogP contribution in [0.15, 0.2) is 17.0 Å². The summed E-state index contributed by atoms with van der Waals surface area (Å²) in [5.74, 6) is 0. The number of rotatable bonds is 3. The van der Waals surface area contributed by atoms with Crippen molar-refractivity contribution in [2.24, 2.45) is 0 Å². The van der Waals surface area contributed by atoms with E-state index in [9.17, 15) is 8.42 Å². The molecular weight excluding hydrogens is 274 g/mol. The fraction of sp³-hybridized carbons (Fsp3) is 0.571. The Morgan fingerprint density at radius 1 is 1.35 bits per heavy atom. The van der Waals surface area contributed by atoms with Gasteiger partial charge in [-0.15, -0.1) is 0 Å². The number of nitrogens with zero attached hydrogens (tertiary/aromatic N) is 1. The molecule has 0 bridgehead atoms. The number of nitrogens with two attached hydrogens (primary N) is 1. The molecule has 3 N–H and O–H groups in total. The number of nitrogens with one attached hydrogen (secondary N) is 1. The molecule has 1 atom stereocenters. The van der Waals surface area contributed by atoms with Crippen LogP contribution < -0.4 is 10.5 Å². The van der Waals surface area contributed by atoms with E-state index in [4.69, 9.17) is 5.73 Å². The molecule has 112 valence electrons. The van der Waals surface area contributed by atoms with Gasteiger partial charge >= 0.3 is 0 Å². The van der Waals surface area contributed by atoms with Gasteiger partial charge in [-0.1, -0.05) is 6.07 Å². The summed E-state index contributed by atoms with van der Waals surface area (Å²) in [6.07, 6.45) is 1.89. The minimum atomic E-state index is -3.52. The van der Waals surface area contributed by atoms with Crippen molar-refractivity contribution in [2.75, 3.05) is 25.9 Å². The summed E-state index contributed by atoms with van der Waals surface area (Å²) in [6, 6.07) is 3.47. The maximum atomic E-state index is 12.6. The van der Waals surface area contributed by atoms with Crippen LogP contribution in [0.2, 0.25) is 0 Å². The third kappa shape index (κ3) is 3.13. The number of hydrogen-bond acceptors (Lipinski definition) is 4. The maximum absolute atomic E-state index is 12.6. The van der Waals surface area contributed by atoms with E-state index in [1.165, 1.54) is 0 Å². The summed E-state index contributed by atoms with van der Waals surface area (Å²) in [5.41, 5.74) is 7.71. The van der Waals surface area contributed by atoms with E-state index in [1.807, 2.05) is 7.05 Å². The van der Waals surface area contributed by atoms with E-state index in [1.54, 1.807) is 26.0 Å². The molecule has 6 heteroatoms. The molecule has 1 saturated heterocycles. The number of likely N-dealkylation sites (tertiary alicyclic amines) is 1. The highest BCUT2D eigenvalue weighted by Gasteiger charge is 2.26. The second kappa shape index (κ2) is 5.71. The van der Waals surface area contributed by atoms with Crippen LogP contribution in [0.5, 0.6) is 0 Å². The van der Waals surface area contributed by atoms with Crippen molar-refractivity contribution >= 4 is 15.7 Å². The predicted octanol–water partition coefficient (Wildman–Crippen LogP) is 1.26. The largest absolute Gasteiger partial charge is 0.398 e. The summed E-state index contributed by atoms with van der Waals surface area (Å²) < 4.78 is 28.1. The van der Waals surface area contributed by atoms with Crippen molar-refractivity contribution in [1.82, 2.24) is 9.62 Å². The lowest BCUT2D eigenvalue weighted by atomic mass is 10.1. The van der Waals surface area contributed by atoms with Gasteiger partial charge in [-0.3, -0.25) is 0 Å². The maximum Gasteiger partial charge on any atom is 0.241 e. The number of nitrogen functional groups attached to an aromatic ring is 1. The summed E-state index contributed by atoms with van der Waals surface area (Å²) in [5, 5.41) is 0. The Labute approximate surface area is 121 Å². The molecular formula is C14H23N3O2S. The average molecular weight is 297 g/mol. The Morgan fingerprint density at radius 3 is 2.70 bits per heavy atom. The summed E-state index contributed by atoms with van der Waals surface area (Å²) in [6.45, 7) is 5.33. The quantitative estimate of drug-likeness (QED) is 0.824. The summed E-state index contributed by atoms with van der Waals surface area (Å²) in [7, 11) is -1.51. The van der Waals surface area contributed by atoms with Gasteiger partial charge in [0.2, 0.25) is 10.0 Å². The molecule has 1 aliphatic heterocycles. The van der Waals surface area contributed by atoms with Crippen LogP contribution >= 0.6 is 0 Å². The fourth-order valence-corrected chi connectivity index (χ4v) is 4.56. The highest BCUT2D eigenvalue weighted by atomic mass is 32.2. The first-order valence-electron chi connectivity index (χ1n) is 6.88. The molecule has 0 amide bonds. The standard InChI is InChI=1S/C14H23N3O2S/c1-10-6-7-13(15)11(2)14(10)20(18,19)16-12-5-4-8-17(3)9-12/h6-7,12,16H,4-5,8-9,15H2,1-3H3. The van der Waals surface area contributed by atoms with E-state index < -0.39 is 10.0 Å². The molecule has 1 heterocycles. The fourth-order valence-electron chi connectivity index (χ4n) is 2.80. The lowest BCUT2D eigenvalue weighted by Gasteiger charge is -2.30. The first-order valence-corrected chi connectivity index (χ1v) is 8.36. The second-order valence-electron chi connectivity index (χ2n) is 5.65. The van der Waals surface area contributed by atoms with Crippen LogP contribution in [0.25, 0.3) is 0 Å². The van der Waals surface area contributed by atoms with Crippen LogP contribution in [0.1, 0.15) is 24.0 Å². The first kappa shape index (κ1) is 15.3. The number of piperidine rings is 1. The molecule has 1 unspecified atom stereocenters. The van der Waals surface area contributed by atoms with Crippen LogP contribution in [-0.2, 0) is 10.0 Å². The van der Waals surface area contributed by atoms with Gasteiger partial charge in [-0.25, -0.2) is 13.1 Å². The minimum Gasteiger partial charge on any atom is -0.398 e. The van der Waals surface area contributed by atoms with Gasteiger partial charge in [0.1, 0.15) is 0 Å². The lowest BCUT2D eigenvalue weighted by Crippen LogP contribution is -2.46. The molecule has 0 aromatic heterocycles. The molecule has 20 heavy (non-hydrogen) atoms. The van der Waals surface area contributed by atoms with E-state index in [0.717, 1.165) is 31.5 Å². The Hall–Kier alpha value is -1.11. The van der Waals surface area contributed by atoms with Gasteiger partial charge in [-0.05, 0) is 57.5 Å². The summed E-state index contributed by atoms with van der Waals surface area (Å²) >= 11 is 0. The van der Waals surface area contributed by atoms with Crippen LogP contribution in [0, 0.1) is 13.8 Å². The monoisotopic (exact) mass is 297 g/mol. The van der Waals surface area contributed by atoms with Gasteiger partial charge in [-0.2, -0.15) is 0 Å². The third-order valence-electron chi connectivity index (χ3n) is 3.86. The summed E-state index contributed by atoms with van der Waals surface area (Å²) in [4.78, 5) is 2.47. The van der Waals surface area contributed by atoms with Crippen molar-refractivity contribution in [2.45, 2.75) is 37.6 Å². The smallest absolute Gasteiger partial charge is 0.241 e. The Morgan fingerprint density at radius 2 is 2.05 bits per heavy atom. The van der Waals surface area contributed by atoms with E-state index in [-0.39, 0.29) is 6.04 Å². The molecule has 1 aromatic carbocycles. The number of benzene rings is 1. The molecule has 0 radical (unpaired) electrons. The molecule has 5 nitrogen and oxygen atoms in total. The van der Waals surface area contributed by atoms with Crippen molar-refractivity contribution in [3.05, 3.63) is 23.3 Å². The zero-order chi connectivity index (χ0) is 14.9. The first-order chi connectivity index (χ1) is 9.31. The topological polar surface area (TPSA) is 75.4 Å². The van der Waals surface area contributed by atoms with Gasteiger partial charge in [0.25, 0.3) is 0 Å². The lowest BCUT2D eigenvalue weighted by molar-refractivity contribution is 0.242. The average Bonchev–Trinajstić information content (AvgIpc) is 2.33. The van der Waals surface area contributed by atoms with E-state index in [2.05, 4.69) is 9.62 Å². The molecule has 1 aromatic rings. The third-order valence-corrected chi connectivity index (χ3v) is 5.67. The second-order valence-corrected chi connectivity index (χ2v) is 7.30. The van der Waals surface area contributed by atoms with Crippen LogP contribution in [0.3, 0.4) is 0 Å². The Kier molecular flexibility index (Phi) is 4.36. The normalized spacial score (nSPS) is 21.1. The number of aryl methyl sites for hydroxylation is 1. The highest BCUT2D eigenvalue weighted by Crippen LogP contribution is 2.25. The van der Waals surface area contributed by atoms with E-state index >= 15 is 0 Å². The predicted molar refractivity (Wildman–Crippen MR) is 81.2 cm³/mol. The van der Waals surface area contributed by atoms with Crippen molar-refractivity contribution in [3.8, 4) is 0 Å². The molecule has 1 fully saturated rings. The van der Waals surface area contributed by atoms with Crippen molar-refractivity contribution in [3.63, 3.8) is 0 Å². The van der Waals surface area contributed by atoms with Gasteiger partial charge < -0.3 is 10.6 Å². The van der Waals surface area contributed by atoms with Crippen molar-refractivity contribution < 1.29 is 8.42 Å². The number of anilines is 1. The highest BCUT2D eigenvalue weighted by molar-refractivity contribution is 7.89. The number of sulfonamides is 1. The number of likely N-dealkylation sites (N-methyl/N-ethyl adjacent to an activating group) is 1. The number of hydrogen-bond donors (Lipinski definition) is 2. The van der Waals surface area contributed by atoms with Gasteiger partial charge in [0, 0.05) is 18.3 Å². The minimum absolute atomic E-state index is 0.0287. The van der Waals surface area contributed by atoms with Crippen LogP contribution in [-0.4, -0.2) is 39.5 Å². The zero-order valence-electron chi connectivity index (χ0n) is 12.3. The zero-order valence-corrected chi connectivity index (χ0v) is 13.1. The molecule has 1 aliphatic rings. The van der Waals surface area contributed by atoms with Crippen molar-refractivity contribution in [1.29, 1.82) is 0 Å². The molecule has 2 rings (SSSR count). The molecule has 0 saturated carbocycles. The Balaban J connectivity index is 2.29. The SMILES string of the molecule is Cc1ccc(N)c(C)c1S(=O)(=O)NC1CCCN(C)C1. The molecule has 0 aliphatic carbocycles.